The second kappa shape index (κ2) is 6.87. The van der Waals surface area contributed by atoms with Crippen LogP contribution in [0.3, 0.4) is 0 Å². The van der Waals surface area contributed by atoms with E-state index >= 15 is 0 Å². The minimum absolute atomic E-state index is 0.0221. The molecular weight excluding hydrogens is 340 g/mol. The first-order valence-corrected chi connectivity index (χ1v) is 9.08. The van der Waals surface area contributed by atoms with Gasteiger partial charge in [0.1, 0.15) is 0 Å². The predicted octanol–water partition coefficient (Wildman–Crippen LogP) is 0.763. The van der Waals surface area contributed by atoms with Crippen molar-refractivity contribution < 1.29 is 42.9 Å². The Morgan fingerprint density at radius 2 is 1.32 bits per heavy atom. The van der Waals surface area contributed by atoms with Gasteiger partial charge in [-0.2, -0.15) is 0 Å². The van der Waals surface area contributed by atoms with Crippen LogP contribution in [0.25, 0.3) is 0 Å². The maximum atomic E-state index is 11.3. The fraction of sp³-hybridized carbons (Fsp3) is 0.400. The zero-order chi connectivity index (χ0) is 17.1. The average Bonchev–Trinajstić information content (AvgIpc) is 2.40. The topological polar surface area (TPSA) is 155 Å². The van der Waals surface area contributed by atoms with E-state index in [0.29, 0.717) is 0 Å². The Hall–Kier alpha value is -1.28. The first-order valence-electron chi connectivity index (χ1n) is 5.71. The summed E-state index contributed by atoms with van der Waals surface area (Å²) in [5.41, 5.74) is -2.41. The molecule has 0 bridgehead atoms. The molecule has 1 aromatic rings. The van der Waals surface area contributed by atoms with E-state index in [-0.39, 0.29) is 22.9 Å². The molecule has 0 aliphatic rings. The zero-order valence-electron chi connectivity index (χ0n) is 12.0. The van der Waals surface area contributed by atoms with Crippen LogP contribution in [0.5, 0.6) is 17.2 Å². The van der Waals surface area contributed by atoms with Gasteiger partial charge in [0.2, 0.25) is 11.3 Å². The van der Waals surface area contributed by atoms with Gasteiger partial charge in [0.25, 0.3) is 0 Å². The molecule has 0 fully saturated rings. The van der Waals surface area contributed by atoms with E-state index < -0.39 is 20.7 Å². The molecule has 0 aliphatic carbocycles. The van der Waals surface area contributed by atoms with E-state index in [1.165, 1.54) is 33.5 Å². The van der Waals surface area contributed by atoms with E-state index in [1.54, 1.807) is 0 Å². The summed E-state index contributed by atoms with van der Waals surface area (Å²) < 4.78 is 37.7. The molecule has 0 atom stereocenters. The third kappa shape index (κ3) is 4.36. The van der Waals surface area contributed by atoms with Crippen LogP contribution in [0.2, 0.25) is 0 Å². The number of hydrogen-bond acceptors (Lipinski definition) is 6. The third-order valence-corrected chi connectivity index (χ3v) is 5.94. The number of hydrogen-bond donors (Lipinski definition) is 5. The van der Waals surface area contributed by atoms with Crippen molar-refractivity contribution in [2.45, 2.75) is 5.52 Å². The Labute approximate surface area is 126 Å². The predicted molar refractivity (Wildman–Crippen MR) is 77.6 cm³/mol. The van der Waals surface area contributed by atoms with Gasteiger partial charge < -0.3 is 39.1 Å². The summed E-state index contributed by atoms with van der Waals surface area (Å²) in [6, 6.07) is 2.53. The van der Waals surface area contributed by atoms with Crippen LogP contribution >= 0.6 is 15.2 Å². The van der Waals surface area contributed by atoms with Gasteiger partial charge in [-0.15, -0.1) is 0 Å². The van der Waals surface area contributed by atoms with Gasteiger partial charge in [-0.05, 0) is 0 Å². The Morgan fingerprint density at radius 1 is 0.909 bits per heavy atom. The van der Waals surface area contributed by atoms with Crippen LogP contribution in [0.1, 0.15) is 0 Å². The number of anilines is 1. The van der Waals surface area contributed by atoms with Crippen LogP contribution in [0.15, 0.2) is 12.1 Å². The molecule has 0 unspecified atom stereocenters. The number of methoxy groups -OCH3 is 3. The number of ether oxygens (including phenoxy) is 3. The van der Waals surface area contributed by atoms with Crippen LogP contribution in [-0.4, -0.2) is 46.4 Å². The van der Waals surface area contributed by atoms with Gasteiger partial charge in [-0.3, -0.25) is 9.13 Å². The van der Waals surface area contributed by atoms with Crippen molar-refractivity contribution in [3.05, 3.63) is 12.1 Å². The molecule has 1 rings (SSSR count). The highest BCUT2D eigenvalue weighted by atomic mass is 31.2. The van der Waals surface area contributed by atoms with E-state index in [9.17, 15) is 9.13 Å². The van der Waals surface area contributed by atoms with E-state index in [4.69, 9.17) is 33.8 Å². The molecule has 0 spiro atoms. The van der Waals surface area contributed by atoms with Gasteiger partial charge in [0, 0.05) is 17.8 Å². The summed E-state index contributed by atoms with van der Waals surface area (Å²) >= 11 is 0. The fourth-order valence-corrected chi connectivity index (χ4v) is 3.88. The molecule has 0 aromatic heterocycles. The van der Waals surface area contributed by atoms with Crippen molar-refractivity contribution in [1.29, 1.82) is 0 Å². The maximum Gasteiger partial charge on any atom is 0.360 e. The first kappa shape index (κ1) is 18.8. The zero-order valence-corrected chi connectivity index (χ0v) is 13.7. The number of nitrogens with one attached hydrogen (secondary N) is 1. The molecule has 0 saturated heterocycles. The van der Waals surface area contributed by atoms with Gasteiger partial charge in [-0.25, -0.2) is 0 Å². The van der Waals surface area contributed by atoms with Crippen molar-refractivity contribution in [3.8, 4) is 17.2 Å². The quantitative estimate of drug-likeness (QED) is 0.442. The third-order valence-electron chi connectivity index (χ3n) is 2.60. The molecular formula is C10H17NO9P2. The molecule has 12 heteroatoms. The summed E-state index contributed by atoms with van der Waals surface area (Å²) in [6.45, 7) is 0. The molecule has 0 radical (unpaired) electrons. The lowest BCUT2D eigenvalue weighted by molar-refractivity contribution is 0.324. The second-order valence-electron chi connectivity index (χ2n) is 4.11. The van der Waals surface area contributed by atoms with E-state index in [0.717, 1.165) is 0 Å². The van der Waals surface area contributed by atoms with Gasteiger partial charge in [-0.1, -0.05) is 0 Å². The Bertz CT molecular complexity index is 576. The summed E-state index contributed by atoms with van der Waals surface area (Å²) in [5.74, 6) is 0.526. The summed E-state index contributed by atoms with van der Waals surface area (Å²) in [5, 5.41) is 2.12. The monoisotopic (exact) mass is 357 g/mol. The maximum absolute atomic E-state index is 11.3. The Balaban J connectivity index is 3.32. The van der Waals surface area contributed by atoms with Crippen LogP contribution < -0.4 is 19.5 Å². The summed E-state index contributed by atoms with van der Waals surface area (Å²) in [7, 11) is -6.22. The van der Waals surface area contributed by atoms with Crippen LogP contribution in [0, 0.1) is 0 Å². The molecule has 126 valence electrons. The minimum Gasteiger partial charge on any atom is -0.493 e. The van der Waals surface area contributed by atoms with Gasteiger partial charge >= 0.3 is 15.2 Å². The van der Waals surface area contributed by atoms with Crippen molar-refractivity contribution in [2.24, 2.45) is 0 Å². The normalized spacial score (nSPS) is 12.2. The number of benzene rings is 1. The lowest BCUT2D eigenvalue weighted by atomic mass is 10.2. The van der Waals surface area contributed by atoms with Crippen LogP contribution in [0.4, 0.5) is 5.69 Å². The fourth-order valence-electron chi connectivity index (χ4n) is 1.68. The van der Waals surface area contributed by atoms with Crippen molar-refractivity contribution in [2.75, 3.05) is 26.6 Å². The summed E-state index contributed by atoms with van der Waals surface area (Å²) in [6.07, 6.45) is 0. The molecule has 1 aromatic carbocycles. The largest absolute Gasteiger partial charge is 0.493 e. The average molecular weight is 357 g/mol. The Morgan fingerprint density at radius 3 is 1.59 bits per heavy atom. The molecule has 10 nitrogen and oxygen atoms in total. The van der Waals surface area contributed by atoms with Crippen molar-refractivity contribution >= 4 is 20.9 Å². The standard InChI is InChI=1S/C10H17NO9P2/c1-18-7-4-6(5-8(19-2)9(7)20-3)11-10(21(12,13)14)22(15,16)17/h4-5,10-11H,1-3H3,(H2,12,13,14)(H2,15,16,17). The van der Waals surface area contributed by atoms with E-state index in [2.05, 4.69) is 5.32 Å². The summed E-state index contributed by atoms with van der Waals surface area (Å²) in [4.78, 5) is 36.4. The molecule has 0 heterocycles. The highest BCUT2D eigenvalue weighted by Gasteiger charge is 2.43. The highest BCUT2D eigenvalue weighted by molar-refractivity contribution is 7.71. The second-order valence-corrected chi connectivity index (χ2v) is 7.91. The smallest absolute Gasteiger partial charge is 0.360 e. The van der Waals surface area contributed by atoms with Crippen LogP contribution in [-0.2, 0) is 9.13 Å². The SMILES string of the molecule is COc1cc(NC(P(=O)(O)O)P(=O)(O)O)cc(OC)c1OC. The lowest BCUT2D eigenvalue weighted by Gasteiger charge is -2.23. The van der Waals surface area contributed by atoms with Gasteiger partial charge in [0.15, 0.2) is 11.5 Å². The molecule has 22 heavy (non-hydrogen) atoms. The molecule has 0 aliphatic heterocycles. The Kier molecular flexibility index (Phi) is 5.86. The van der Waals surface area contributed by atoms with Crippen molar-refractivity contribution in [3.63, 3.8) is 0 Å². The molecule has 0 saturated carbocycles. The lowest BCUT2D eigenvalue weighted by Crippen LogP contribution is -2.20. The molecule has 0 amide bonds. The minimum atomic E-state index is -5.12. The number of rotatable bonds is 7. The van der Waals surface area contributed by atoms with E-state index in [1.807, 2.05) is 0 Å². The highest BCUT2D eigenvalue weighted by Crippen LogP contribution is 2.59. The first-order chi connectivity index (χ1) is 10.0. The van der Waals surface area contributed by atoms with Crippen molar-refractivity contribution in [1.82, 2.24) is 0 Å². The van der Waals surface area contributed by atoms with Gasteiger partial charge in [0.05, 0.1) is 21.3 Å². The molecule has 5 N–H and O–H groups in total.